The van der Waals surface area contributed by atoms with E-state index in [0.717, 1.165) is 5.52 Å². The van der Waals surface area contributed by atoms with Crippen LogP contribution in [-0.4, -0.2) is 36.4 Å². The highest BCUT2D eigenvalue weighted by atomic mass is 32.2. The van der Waals surface area contributed by atoms with Gasteiger partial charge in [0.25, 0.3) is 0 Å². The van der Waals surface area contributed by atoms with E-state index in [1.807, 2.05) is 31.4 Å². The molecule has 0 saturated heterocycles. The van der Waals surface area contributed by atoms with Crippen molar-refractivity contribution < 1.29 is 13.2 Å². The number of hydrogen-bond donors (Lipinski definition) is 1. The summed E-state index contributed by atoms with van der Waals surface area (Å²) in [6.45, 7) is 7.07. The van der Waals surface area contributed by atoms with Crippen molar-refractivity contribution in [3.8, 4) is 0 Å². The lowest BCUT2D eigenvalue weighted by Crippen LogP contribution is -2.30. The van der Waals surface area contributed by atoms with Gasteiger partial charge in [0.05, 0.1) is 28.1 Å². The van der Waals surface area contributed by atoms with Crippen LogP contribution in [0.2, 0.25) is 0 Å². The van der Waals surface area contributed by atoms with E-state index >= 15 is 0 Å². The van der Waals surface area contributed by atoms with E-state index in [0.29, 0.717) is 23.4 Å². The SMILES string of the molecule is CCOC(C)(C)Cn1c(=S)[nH]c2c(S(C)(=O)=O)cccc21. The Balaban J connectivity index is 2.63. The summed E-state index contributed by atoms with van der Waals surface area (Å²) in [5, 5.41) is 0. The van der Waals surface area contributed by atoms with Crippen molar-refractivity contribution in [1.29, 1.82) is 0 Å². The van der Waals surface area contributed by atoms with Gasteiger partial charge in [-0.2, -0.15) is 0 Å². The zero-order valence-corrected chi connectivity index (χ0v) is 14.3. The van der Waals surface area contributed by atoms with Gasteiger partial charge in [0.15, 0.2) is 14.6 Å². The van der Waals surface area contributed by atoms with Gasteiger partial charge in [0.2, 0.25) is 0 Å². The van der Waals surface area contributed by atoms with Crippen LogP contribution in [0.5, 0.6) is 0 Å². The number of rotatable bonds is 5. The van der Waals surface area contributed by atoms with Crippen LogP contribution in [0, 0.1) is 4.77 Å². The molecule has 0 aliphatic heterocycles. The predicted molar refractivity (Wildman–Crippen MR) is 85.9 cm³/mol. The molecule has 1 aromatic heterocycles. The summed E-state index contributed by atoms with van der Waals surface area (Å²) in [5.41, 5.74) is 0.941. The van der Waals surface area contributed by atoms with E-state index in [4.69, 9.17) is 17.0 Å². The first-order valence-electron chi connectivity index (χ1n) is 6.71. The Kier molecular flexibility index (Phi) is 4.28. The van der Waals surface area contributed by atoms with E-state index in [-0.39, 0.29) is 10.5 Å². The van der Waals surface area contributed by atoms with Gasteiger partial charge in [-0.05, 0) is 45.1 Å². The minimum absolute atomic E-state index is 0.263. The monoisotopic (exact) mass is 328 g/mol. The topological polar surface area (TPSA) is 64.1 Å². The molecule has 0 radical (unpaired) electrons. The quantitative estimate of drug-likeness (QED) is 0.857. The van der Waals surface area contributed by atoms with Crippen LogP contribution < -0.4 is 0 Å². The number of ether oxygens (including phenoxy) is 1. The third-order valence-corrected chi connectivity index (χ3v) is 4.71. The molecule has 2 aromatic rings. The van der Waals surface area contributed by atoms with E-state index in [1.54, 1.807) is 12.1 Å². The summed E-state index contributed by atoms with van der Waals surface area (Å²) < 4.78 is 31.8. The van der Waals surface area contributed by atoms with Crippen molar-refractivity contribution in [2.75, 3.05) is 12.9 Å². The lowest BCUT2D eigenvalue weighted by atomic mass is 10.1. The Hall–Kier alpha value is -1.18. The minimum Gasteiger partial charge on any atom is -0.374 e. The van der Waals surface area contributed by atoms with Crippen molar-refractivity contribution in [2.24, 2.45) is 0 Å². The first-order valence-corrected chi connectivity index (χ1v) is 9.01. The fraction of sp³-hybridized carbons (Fsp3) is 0.500. The molecule has 0 saturated carbocycles. The van der Waals surface area contributed by atoms with Crippen molar-refractivity contribution in [3.05, 3.63) is 23.0 Å². The predicted octanol–water partition coefficient (Wildman–Crippen LogP) is 2.92. The Labute approximate surface area is 129 Å². The number of hydrogen-bond acceptors (Lipinski definition) is 4. The maximum atomic E-state index is 11.9. The number of nitrogens with zero attached hydrogens (tertiary/aromatic N) is 1. The standard InChI is InChI=1S/C14H20N2O3S2/c1-5-19-14(2,3)9-16-10-7-6-8-11(21(4,17)18)12(10)15-13(16)20/h6-8H,5,9H2,1-4H3,(H,15,20). The normalized spacial score (nSPS) is 13.0. The smallest absolute Gasteiger partial charge is 0.178 e. The Morgan fingerprint density at radius 3 is 2.62 bits per heavy atom. The zero-order chi connectivity index (χ0) is 15.8. The molecule has 0 fully saturated rings. The average molecular weight is 328 g/mol. The number of sulfone groups is 1. The second-order valence-corrected chi connectivity index (χ2v) is 8.00. The summed E-state index contributed by atoms with van der Waals surface area (Å²) in [4.78, 5) is 3.27. The highest BCUT2D eigenvalue weighted by Crippen LogP contribution is 2.24. The maximum absolute atomic E-state index is 11.9. The lowest BCUT2D eigenvalue weighted by molar-refractivity contribution is -0.0219. The molecule has 0 aliphatic carbocycles. The van der Waals surface area contributed by atoms with Gasteiger partial charge < -0.3 is 14.3 Å². The number of imidazole rings is 1. The van der Waals surface area contributed by atoms with E-state index in [9.17, 15) is 8.42 Å². The molecule has 7 heteroatoms. The van der Waals surface area contributed by atoms with Gasteiger partial charge in [-0.3, -0.25) is 0 Å². The van der Waals surface area contributed by atoms with E-state index < -0.39 is 9.84 Å². The van der Waals surface area contributed by atoms with Crippen molar-refractivity contribution >= 4 is 33.1 Å². The summed E-state index contributed by atoms with van der Waals surface area (Å²) in [6.07, 6.45) is 1.19. The molecule has 0 amide bonds. The molecular weight excluding hydrogens is 308 g/mol. The molecule has 0 atom stereocenters. The summed E-state index contributed by atoms with van der Waals surface area (Å²) in [5.74, 6) is 0. The molecule has 21 heavy (non-hydrogen) atoms. The lowest BCUT2D eigenvalue weighted by Gasteiger charge is -2.25. The molecule has 0 bridgehead atoms. The van der Waals surface area contributed by atoms with Crippen LogP contribution >= 0.6 is 12.2 Å². The first kappa shape index (κ1) is 16.2. The first-order chi connectivity index (χ1) is 9.65. The van der Waals surface area contributed by atoms with Gasteiger partial charge in [-0.1, -0.05) is 6.07 Å². The Morgan fingerprint density at radius 2 is 2.05 bits per heavy atom. The van der Waals surface area contributed by atoms with Crippen LogP contribution in [-0.2, 0) is 21.1 Å². The fourth-order valence-electron chi connectivity index (χ4n) is 2.44. The second-order valence-electron chi connectivity index (χ2n) is 5.63. The van der Waals surface area contributed by atoms with Gasteiger partial charge in [0.1, 0.15) is 0 Å². The molecular formula is C14H20N2O3S2. The number of benzene rings is 1. The molecule has 116 valence electrons. The van der Waals surface area contributed by atoms with Gasteiger partial charge >= 0.3 is 0 Å². The van der Waals surface area contributed by atoms with Gasteiger partial charge in [-0.25, -0.2) is 8.42 Å². The molecule has 0 aliphatic rings. The van der Waals surface area contributed by atoms with Crippen LogP contribution in [0.15, 0.2) is 23.1 Å². The van der Waals surface area contributed by atoms with Crippen LogP contribution in [0.25, 0.3) is 11.0 Å². The van der Waals surface area contributed by atoms with Crippen molar-refractivity contribution in [3.63, 3.8) is 0 Å². The second kappa shape index (κ2) is 5.55. The van der Waals surface area contributed by atoms with Crippen molar-refractivity contribution in [1.82, 2.24) is 9.55 Å². The van der Waals surface area contributed by atoms with Gasteiger partial charge in [-0.15, -0.1) is 0 Å². The minimum atomic E-state index is -3.31. The number of fused-ring (bicyclic) bond motifs is 1. The molecule has 0 unspecified atom stereocenters. The average Bonchev–Trinajstić information content (AvgIpc) is 2.64. The summed E-state index contributed by atoms with van der Waals surface area (Å²) in [6, 6.07) is 5.17. The molecule has 1 heterocycles. The third-order valence-electron chi connectivity index (χ3n) is 3.25. The zero-order valence-electron chi connectivity index (χ0n) is 12.6. The Morgan fingerprint density at radius 1 is 1.38 bits per heavy atom. The fourth-order valence-corrected chi connectivity index (χ4v) is 3.55. The summed E-state index contributed by atoms with van der Waals surface area (Å²) in [7, 11) is -3.31. The molecule has 1 aromatic carbocycles. The molecule has 0 spiro atoms. The van der Waals surface area contributed by atoms with Crippen LogP contribution in [0.4, 0.5) is 0 Å². The Bertz CT molecular complexity index is 816. The molecule has 2 rings (SSSR count). The van der Waals surface area contributed by atoms with Crippen molar-refractivity contribution in [2.45, 2.75) is 37.8 Å². The molecule has 1 N–H and O–H groups in total. The van der Waals surface area contributed by atoms with E-state index in [1.165, 1.54) is 6.26 Å². The number of aromatic amines is 1. The molecule has 5 nitrogen and oxygen atoms in total. The largest absolute Gasteiger partial charge is 0.374 e. The van der Waals surface area contributed by atoms with Crippen LogP contribution in [0.3, 0.4) is 0 Å². The highest BCUT2D eigenvalue weighted by molar-refractivity contribution is 7.91. The van der Waals surface area contributed by atoms with Gasteiger partial charge in [0, 0.05) is 12.9 Å². The number of para-hydroxylation sites is 1. The number of H-pyrrole nitrogens is 1. The van der Waals surface area contributed by atoms with E-state index in [2.05, 4.69) is 4.98 Å². The van der Waals surface area contributed by atoms with Crippen LogP contribution in [0.1, 0.15) is 20.8 Å². The number of nitrogens with one attached hydrogen (secondary N) is 1. The number of aromatic nitrogens is 2. The maximum Gasteiger partial charge on any atom is 0.178 e. The summed E-state index contributed by atoms with van der Waals surface area (Å²) >= 11 is 5.34. The highest BCUT2D eigenvalue weighted by Gasteiger charge is 2.22. The third kappa shape index (κ3) is 3.36.